The Hall–Kier alpha value is -3.81. The molecule has 8 heteroatoms. The molecule has 0 unspecified atom stereocenters. The zero-order valence-electron chi connectivity index (χ0n) is 13.8. The molecule has 0 saturated heterocycles. The van der Waals surface area contributed by atoms with Crippen LogP contribution in [0.2, 0.25) is 0 Å². The van der Waals surface area contributed by atoms with Gasteiger partial charge in [0.15, 0.2) is 5.65 Å². The highest BCUT2D eigenvalue weighted by atomic mass is 16.1. The highest BCUT2D eigenvalue weighted by molar-refractivity contribution is 6.04. The summed E-state index contributed by atoms with van der Waals surface area (Å²) in [5.74, 6) is 0.465. The second kappa shape index (κ2) is 6.25. The first-order chi connectivity index (χ1) is 12.6. The lowest BCUT2D eigenvalue weighted by atomic mass is 10.1. The first-order valence-electron chi connectivity index (χ1n) is 7.89. The van der Waals surface area contributed by atoms with Crippen LogP contribution in [0.15, 0.2) is 59.5 Å². The minimum Gasteiger partial charge on any atom is -0.322 e. The van der Waals surface area contributed by atoms with Gasteiger partial charge in [0, 0.05) is 23.5 Å². The van der Waals surface area contributed by atoms with E-state index in [-0.39, 0.29) is 11.5 Å². The minimum atomic E-state index is -0.266. The topological polar surface area (TPSA) is 105 Å². The molecule has 0 saturated carbocycles. The number of aromatic amines is 1. The zero-order valence-corrected chi connectivity index (χ0v) is 13.8. The lowest BCUT2D eigenvalue weighted by molar-refractivity contribution is 0.102. The Morgan fingerprint density at radius 2 is 2.00 bits per heavy atom. The van der Waals surface area contributed by atoms with Crippen LogP contribution in [0.25, 0.3) is 16.9 Å². The number of nitrogens with one attached hydrogen (secondary N) is 2. The Kier molecular flexibility index (Phi) is 3.77. The number of nitrogens with zero attached hydrogens (tertiary/aromatic N) is 4. The standard InChI is InChI=1S/C18H14N6O2/c1-11-20-22-16-7-5-13(10-24(11)16)18(26)19-14-4-2-3-12(9-14)15-6-8-17(25)23-21-15/h2-10H,1H3,(H,19,26)(H,23,25). The molecule has 4 aromatic rings. The molecule has 0 spiro atoms. The molecule has 0 radical (unpaired) electrons. The second-order valence-corrected chi connectivity index (χ2v) is 5.73. The van der Waals surface area contributed by atoms with Gasteiger partial charge >= 0.3 is 0 Å². The van der Waals surface area contributed by atoms with E-state index in [4.69, 9.17) is 0 Å². The summed E-state index contributed by atoms with van der Waals surface area (Å²) in [6, 6.07) is 13.7. The molecule has 0 fully saturated rings. The number of benzene rings is 1. The van der Waals surface area contributed by atoms with Crippen LogP contribution in [0.1, 0.15) is 16.2 Å². The van der Waals surface area contributed by atoms with Crippen LogP contribution in [0, 0.1) is 6.92 Å². The predicted molar refractivity (Wildman–Crippen MR) is 96.0 cm³/mol. The molecule has 0 aliphatic carbocycles. The summed E-state index contributed by atoms with van der Waals surface area (Å²) in [6.45, 7) is 1.82. The van der Waals surface area contributed by atoms with Crippen molar-refractivity contribution >= 4 is 17.2 Å². The molecule has 0 aliphatic heterocycles. The van der Waals surface area contributed by atoms with Crippen molar-refractivity contribution < 1.29 is 4.79 Å². The molecule has 128 valence electrons. The van der Waals surface area contributed by atoms with E-state index < -0.39 is 0 Å². The molecular weight excluding hydrogens is 332 g/mol. The van der Waals surface area contributed by atoms with Crippen molar-refractivity contribution in [3.63, 3.8) is 0 Å². The number of rotatable bonds is 3. The summed E-state index contributed by atoms with van der Waals surface area (Å²) in [6.07, 6.45) is 1.70. The van der Waals surface area contributed by atoms with Gasteiger partial charge in [-0.05, 0) is 37.3 Å². The fourth-order valence-electron chi connectivity index (χ4n) is 2.60. The van der Waals surface area contributed by atoms with E-state index in [0.717, 1.165) is 5.56 Å². The van der Waals surface area contributed by atoms with Gasteiger partial charge in [-0.25, -0.2) is 5.10 Å². The Bertz CT molecular complexity index is 1160. The van der Waals surface area contributed by atoms with Crippen LogP contribution < -0.4 is 10.9 Å². The second-order valence-electron chi connectivity index (χ2n) is 5.73. The van der Waals surface area contributed by atoms with E-state index in [9.17, 15) is 9.59 Å². The number of carbonyl (C=O) groups is 1. The summed E-state index contributed by atoms with van der Waals surface area (Å²) in [4.78, 5) is 23.7. The first kappa shape index (κ1) is 15.7. The normalized spacial score (nSPS) is 10.8. The van der Waals surface area contributed by atoms with Crippen molar-refractivity contribution in [2.24, 2.45) is 0 Å². The maximum Gasteiger partial charge on any atom is 0.264 e. The average Bonchev–Trinajstić information content (AvgIpc) is 3.03. The highest BCUT2D eigenvalue weighted by Gasteiger charge is 2.10. The molecule has 26 heavy (non-hydrogen) atoms. The molecule has 3 aromatic heterocycles. The molecule has 4 rings (SSSR count). The quantitative estimate of drug-likeness (QED) is 0.590. The van der Waals surface area contributed by atoms with Crippen molar-refractivity contribution in [2.75, 3.05) is 5.32 Å². The number of amides is 1. The number of H-pyrrole nitrogens is 1. The van der Waals surface area contributed by atoms with Gasteiger partial charge in [-0.1, -0.05) is 12.1 Å². The van der Waals surface area contributed by atoms with E-state index in [2.05, 4.69) is 25.7 Å². The number of pyridine rings is 1. The third kappa shape index (κ3) is 2.95. The van der Waals surface area contributed by atoms with Crippen LogP contribution in [0.3, 0.4) is 0 Å². The average molecular weight is 346 g/mol. The summed E-state index contributed by atoms with van der Waals surface area (Å²) >= 11 is 0. The van der Waals surface area contributed by atoms with Gasteiger partial charge in [0.25, 0.3) is 11.5 Å². The van der Waals surface area contributed by atoms with Crippen LogP contribution in [0.4, 0.5) is 5.69 Å². The minimum absolute atomic E-state index is 0.244. The SMILES string of the molecule is Cc1nnc2ccc(C(=O)Nc3cccc(-c4ccc(=O)[nH]n4)c3)cn12. The predicted octanol–water partition coefficient (Wildman–Crippen LogP) is 2.04. The Morgan fingerprint density at radius 1 is 1.12 bits per heavy atom. The Morgan fingerprint density at radius 3 is 2.81 bits per heavy atom. The Labute approximate surface area is 147 Å². The highest BCUT2D eigenvalue weighted by Crippen LogP contribution is 2.20. The number of aromatic nitrogens is 5. The van der Waals surface area contributed by atoms with Crippen molar-refractivity contribution in [3.8, 4) is 11.3 Å². The molecule has 1 aromatic carbocycles. The van der Waals surface area contributed by atoms with Crippen LogP contribution in [-0.2, 0) is 0 Å². The number of aryl methyl sites for hydroxylation is 1. The van der Waals surface area contributed by atoms with Gasteiger partial charge in [0.2, 0.25) is 0 Å². The van der Waals surface area contributed by atoms with Gasteiger partial charge in [-0.2, -0.15) is 5.10 Å². The van der Waals surface area contributed by atoms with Crippen LogP contribution >= 0.6 is 0 Å². The van der Waals surface area contributed by atoms with Crippen LogP contribution in [-0.4, -0.2) is 30.7 Å². The largest absolute Gasteiger partial charge is 0.322 e. The van der Waals surface area contributed by atoms with Crippen LogP contribution in [0.5, 0.6) is 0 Å². The van der Waals surface area contributed by atoms with Crippen molar-refractivity contribution in [3.05, 3.63) is 76.5 Å². The van der Waals surface area contributed by atoms with Crippen molar-refractivity contribution in [1.82, 2.24) is 24.8 Å². The fraction of sp³-hybridized carbons (Fsp3) is 0.0556. The van der Waals surface area contributed by atoms with Gasteiger partial charge in [-0.15, -0.1) is 10.2 Å². The maximum atomic E-state index is 12.6. The summed E-state index contributed by atoms with van der Waals surface area (Å²) in [5, 5.41) is 17.2. The smallest absolute Gasteiger partial charge is 0.264 e. The van der Waals surface area contributed by atoms with Gasteiger partial charge in [0.05, 0.1) is 11.3 Å². The van der Waals surface area contributed by atoms with Crippen molar-refractivity contribution in [2.45, 2.75) is 6.92 Å². The summed E-state index contributed by atoms with van der Waals surface area (Å²) in [5.41, 5.74) is 2.93. The number of fused-ring (bicyclic) bond motifs is 1. The van der Waals surface area contributed by atoms with E-state index in [1.807, 2.05) is 19.1 Å². The van der Waals surface area contributed by atoms with Crippen molar-refractivity contribution in [1.29, 1.82) is 0 Å². The molecular formula is C18H14N6O2. The number of hydrogen-bond acceptors (Lipinski definition) is 5. The van der Waals surface area contributed by atoms with E-state index in [0.29, 0.717) is 28.4 Å². The van der Waals surface area contributed by atoms with Gasteiger partial charge in [-0.3, -0.25) is 14.0 Å². The number of carbonyl (C=O) groups excluding carboxylic acids is 1. The molecule has 2 N–H and O–H groups in total. The van der Waals surface area contributed by atoms with E-state index in [1.165, 1.54) is 6.07 Å². The molecule has 3 heterocycles. The number of anilines is 1. The van der Waals surface area contributed by atoms with E-state index >= 15 is 0 Å². The third-order valence-corrected chi connectivity index (χ3v) is 3.93. The van der Waals surface area contributed by atoms with Gasteiger partial charge in [0.1, 0.15) is 5.82 Å². The van der Waals surface area contributed by atoms with E-state index in [1.54, 1.807) is 40.9 Å². The molecule has 0 bridgehead atoms. The first-order valence-corrected chi connectivity index (χ1v) is 7.89. The third-order valence-electron chi connectivity index (χ3n) is 3.93. The summed E-state index contributed by atoms with van der Waals surface area (Å²) in [7, 11) is 0. The molecule has 1 amide bonds. The summed E-state index contributed by atoms with van der Waals surface area (Å²) < 4.78 is 1.76. The monoisotopic (exact) mass is 346 g/mol. The molecule has 8 nitrogen and oxygen atoms in total. The molecule has 0 atom stereocenters. The lowest BCUT2D eigenvalue weighted by Crippen LogP contribution is -2.13. The van der Waals surface area contributed by atoms with Gasteiger partial charge < -0.3 is 5.32 Å². The maximum absolute atomic E-state index is 12.6. The zero-order chi connectivity index (χ0) is 18.1. The fourth-order valence-corrected chi connectivity index (χ4v) is 2.60. The molecule has 0 aliphatic rings. The Balaban J connectivity index is 1.60. The lowest BCUT2D eigenvalue weighted by Gasteiger charge is -2.08. The number of hydrogen-bond donors (Lipinski definition) is 2.